The lowest BCUT2D eigenvalue weighted by Crippen LogP contribution is -2.00. The van der Waals surface area contributed by atoms with Gasteiger partial charge in [-0.3, -0.25) is 0 Å². The van der Waals surface area contributed by atoms with Gasteiger partial charge in [0.05, 0.1) is 0 Å². The minimum absolute atomic E-state index is 0.636. The zero-order valence-corrected chi connectivity index (χ0v) is 20.4. The van der Waals surface area contributed by atoms with E-state index in [0.29, 0.717) is 17.5 Å². The summed E-state index contributed by atoms with van der Waals surface area (Å²) in [7, 11) is 0. The minimum atomic E-state index is 0.636. The maximum atomic E-state index is 4.95. The highest BCUT2D eigenvalue weighted by Crippen LogP contribution is 2.35. The number of aromatic nitrogens is 3. The van der Waals surface area contributed by atoms with Crippen molar-refractivity contribution in [1.29, 1.82) is 0 Å². The Morgan fingerprint density at radius 1 is 0.429 bits per heavy atom. The standard InChI is InChI=1S/C31H20BrN3/c32-28-26-17-8-7-12-22(26)18-19-27(28)31-34-29(23-13-5-2-6-14-23)33-30(35-31)25-16-9-15-24(20-25)21-10-3-1-4-11-21/h1-20H. The fourth-order valence-corrected chi connectivity index (χ4v) is 4.89. The molecule has 1 heterocycles. The van der Waals surface area contributed by atoms with Gasteiger partial charge in [-0.25, -0.2) is 15.0 Å². The second kappa shape index (κ2) is 9.24. The molecule has 0 unspecified atom stereocenters. The van der Waals surface area contributed by atoms with E-state index < -0.39 is 0 Å². The van der Waals surface area contributed by atoms with Crippen LogP contribution in [-0.4, -0.2) is 15.0 Å². The van der Waals surface area contributed by atoms with Crippen molar-refractivity contribution < 1.29 is 0 Å². The monoisotopic (exact) mass is 513 g/mol. The van der Waals surface area contributed by atoms with Crippen LogP contribution in [0.2, 0.25) is 0 Å². The lowest BCUT2D eigenvalue weighted by molar-refractivity contribution is 1.07. The van der Waals surface area contributed by atoms with Gasteiger partial charge in [-0.15, -0.1) is 0 Å². The number of benzene rings is 5. The Balaban J connectivity index is 1.55. The molecule has 0 saturated carbocycles. The fraction of sp³-hybridized carbons (Fsp3) is 0. The van der Waals surface area contributed by atoms with Crippen LogP contribution < -0.4 is 0 Å². The summed E-state index contributed by atoms with van der Waals surface area (Å²) >= 11 is 3.82. The number of halogens is 1. The van der Waals surface area contributed by atoms with Crippen molar-refractivity contribution in [1.82, 2.24) is 15.0 Å². The predicted molar refractivity (Wildman–Crippen MR) is 147 cm³/mol. The van der Waals surface area contributed by atoms with E-state index in [-0.39, 0.29) is 0 Å². The third kappa shape index (κ3) is 4.25. The Morgan fingerprint density at radius 3 is 1.77 bits per heavy atom. The van der Waals surface area contributed by atoms with E-state index in [2.05, 4.69) is 76.6 Å². The van der Waals surface area contributed by atoms with Gasteiger partial charge in [-0.2, -0.15) is 0 Å². The Morgan fingerprint density at radius 2 is 1.00 bits per heavy atom. The molecule has 35 heavy (non-hydrogen) atoms. The average molecular weight is 514 g/mol. The van der Waals surface area contributed by atoms with Gasteiger partial charge < -0.3 is 0 Å². The number of fused-ring (bicyclic) bond motifs is 1. The van der Waals surface area contributed by atoms with Gasteiger partial charge in [0.15, 0.2) is 17.5 Å². The summed E-state index contributed by atoms with van der Waals surface area (Å²) < 4.78 is 0.977. The van der Waals surface area contributed by atoms with Crippen molar-refractivity contribution in [2.24, 2.45) is 0 Å². The number of rotatable bonds is 4. The van der Waals surface area contributed by atoms with Gasteiger partial charge in [0.2, 0.25) is 0 Å². The van der Waals surface area contributed by atoms with E-state index in [1.165, 1.54) is 0 Å². The largest absolute Gasteiger partial charge is 0.208 e. The van der Waals surface area contributed by atoms with Crippen molar-refractivity contribution in [3.63, 3.8) is 0 Å². The summed E-state index contributed by atoms with van der Waals surface area (Å²) in [6, 6.07) is 41.2. The first kappa shape index (κ1) is 21.4. The molecule has 0 spiro atoms. The molecule has 0 atom stereocenters. The first-order valence-electron chi connectivity index (χ1n) is 11.4. The quantitative estimate of drug-likeness (QED) is 0.237. The molecule has 0 saturated heterocycles. The molecule has 0 aliphatic carbocycles. The fourth-order valence-electron chi connectivity index (χ4n) is 4.22. The topological polar surface area (TPSA) is 38.7 Å². The molecule has 6 rings (SSSR count). The molecule has 6 aromatic rings. The summed E-state index contributed by atoms with van der Waals surface area (Å²) in [6.07, 6.45) is 0. The van der Waals surface area contributed by atoms with Gasteiger partial charge in [-0.1, -0.05) is 109 Å². The Labute approximate surface area is 212 Å². The van der Waals surface area contributed by atoms with Crippen LogP contribution in [0.15, 0.2) is 126 Å². The lowest BCUT2D eigenvalue weighted by atomic mass is 10.0. The van der Waals surface area contributed by atoms with Crippen LogP contribution in [0, 0.1) is 0 Å². The highest BCUT2D eigenvalue weighted by Gasteiger charge is 2.15. The van der Waals surface area contributed by atoms with E-state index in [4.69, 9.17) is 15.0 Å². The molecule has 0 fully saturated rings. The van der Waals surface area contributed by atoms with Gasteiger partial charge in [0.25, 0.3) is 0 Å². The third-order valence-electron chi connectivity index (χ3n) is 6.00. The zero-order chi connectivity index (χ0) is 23.6. The molecule has 3 nitrogen and oxygen atoms in total. The van der Waals surface area contributed by atoms with Crippen molar-refractivity contribution in [2.75, 3.05) is 0 Å². The summed E-state index contributed by atoms with van der Waals surface area (Å²) in [5.41, 5.74) is 5.11. The normalized spacial score (nSPS) is 11.0. The van der Waals surface area contributed by atoms with Gasteiger partial charge >= 0.3 is 0 Å². The molecular formula is C31H20BrN3. The van der Waals surface area contributed by atoms with Crippen molar-refractivity contribution in [2.45, 2.75) is 0 Å². The highest BCUT2D eigenvalue weighted by atomic mass is 79.9. The van der Waals surface area contributed by atoms with Crippen LogP contribution in [-0.2, 0) is 0 Å². The van der Waals surface area contributed by atoms with E-state index in [9.17, 15) is 0 Å². The number of nitrogens with zero attached hydrogens (tertiary/aromatic N) is 3. The minimum Gasteiger partial charge on any atom is -0.208 e. The Bertz CT molecular complexity index is 1650. The molecule has 0 radical (unpaired) electrons. The Hall–Kier alpha value is -4.15. The van der Waals surface area contributed by atoms with Crippen LogP contribution in [0.25, 0.3) is 56.1 Å². The molecule has 4 heteroatoms. The zero-order valence-electron chi connectivity index (χ0n) is 18.8. The average Bonchev–Trinajstić information content (AvgIpc) is 2.94. The van der Waals surface area contributed by atoms with Crippen LogP contribution in [0.3, 0.4) is 0 Å². The van der Waals surface area contributed by atoms with Crippen LogP contribution in [0.5, 0.6) is 0 Å². The van der Waals surface area contributed by atoms with Crippen molar-refractivity contribution >= 4 is 26.7 Å². The molecule has 0 bridgehead atoms. The van der Waals surface area contributed by atoms with Crippen LogP contribution in [0.1, 0.15) is 0 Å². The molecule has 0 aliphatic heterocycles. The van der Waals surface area contributed by atoms with E-state index in [0.717, 1.165) is 43.1 Å². The summed E-state index contributed by atoms with van der Waals surface area (Å²) in [4.78, 5) is 14.7. The van der Waals surface area contributed by atoms with Crippen LogP contribution in [0.4, 0.5) is 0 Å². The summed E-state index contributed by atoms with van der Waals surface area (Å²) in [6.45, 7) is 0. The molecule has 166 valence electrons. The highest BCUT2D eigenvalue weighted by molar-refractivity contribution is 9.10. The Kier molecular flexibility index (Phi) is 5.65. The van der Waals surface area contributed by atoms with E-state index >= 15 is 0 Å². The first-order chi connectivity index (χ1) is 17.3. The summed E-state index contributed by atoms with van der Waals surface area (Å²) in [5.74, 6) is 1.93. The maximum Gasteiger partial charge on any atom is 0.165 e. The maximum absolute atomic E-state index is 4.95. The predicted octanol–water partition coefficient (Wildman–Crippen LogP) is 8.46. The SMILES string of the molecule is Brc1c(-c2nc(-c3ccccc3)nc(-c3cccc(-c4ccccc4)c3)n2)ccc2ccccc12. The van der Waals surface area contributed by atoms with Gasteiger partial charge in [0.1, 0.15) is 0 Å². The summed E-state index contributed by atoms with van der Waals surface area (Å²) in [5, 5.41) is 2.29. The number of hydrogen-bond donors (Lipinski definition) is 0. The van der Waals surface area contributed by atoms with Crippen molar-refractivity contribution in [3.8, 4) is 45.3 Å². The molecular weight excluding hydrogens is 494 g/mol. The molecule has 0 N–H and O–H groups in total. The number of hydrogen-bond acceptors (Lipinski definition) is 3. The first-order valence-corrected chi connectivity index (χ1v) is 12.2. The second-order valence-corrected chi connectivity index (χ2v) is 9.06. The second-order valence-electron chi connectivity index (χ2n) is 8.27. The smallest absolute Gasteiger partial charge is 0.165 e. The van der Waals surface area contributed by atoms with Crippen molar-refractivity contribution in [3.05, 3.63) is 126 Å². The van der Waals surface area contributed by atoms with Gasteiger partial charge in [-0.05, 0) is 50.0 Å². The lowest BCUT2D eigenvalue weighted by Gasteiger charge is -2.11. The molecule has 0 aliphatic rings. The molecule has 1 aromatic heterocycles. The van der Waals surface area contributed by atoms with E-state index in [1.54, 1.807) is 0 Å². The van der Waals surface area contributed by atoms with Gasteiger partial charge in [0, 0.05) is 21.2 Å². The van der Waals surface area contributed by atoms with Crippen LogP contribution >= 0.6 is 15.9 Å². The molecule has 5 aromatic carbocycles. The molecule has 0 amide bonds. The third-order valence-corrected chi connectivity index (χ3v) is 6.85. The van der Waals surface area contributed by atoms with E-state index in [1.807, 2.05) is 60.7 Å².